The van der Waals surface area contributed by atoms with Crippen LogP contribution in [-0.4, -0.2) is 66.7 Å². The molecule has 12 nitrogen and oxygen atoms in total. The summed E-state index contributed by atoms with van der Waals surface area (Å²) in [6, 6.07) is -2.49. The third-order valence-electron chi connectivity index (χ3n) is 11.1. The molecular weight excluding hydrogens is 793 g/mol. The van der Waals surface area contributed by atoms with Crippen molar-refractivity contribution in [3.63, 3.8) is 0 Å². The first-order valence-electron chi connectivity index (χ1n) is 24.0. The Bertz CT molecular complexity index is 1600. The fourth-order valence-electron chi connectivity index (χ4n) is 7.81. The summed E-state index contributed by atoms with van der Waals surface area (Å²) >= 11 is 0. The molecule has 63 heavy (non-hydrogen) atoms. The minimum absolute atomic E-state index is 0.0397. The van der Waals surface area contributed by atoms with Gasteiger partial charge in [0.05, 0.1) is 6.20 Å². The summed E-state index contributed by atoms with van der Waals surface area (Å²) in [5, 5.41) is 17.5. The normalized spacial score (nSPS) is 17.0. The summed E-state index contributed by atoms with van der Waals surface area (Å²) in [7, 11) is 0. The fraction of sp³-hybridized carbons (Fsp3) is 0.725. The van der Waals surface area contributed by atoms with E-state index in [4.69, 9.17) is 0 Å². The van der Waals surface area contributed by atoms with Gasteiger partial charge in [-0.2, -0.15) is 0 Å². The largest absolute Gasteiger partial charge is 0.354 e. The lowest BCUT2D eigenvalue weighted by Crippen LogP contribution is -2.54. The molecule has 1 saturated carbocycles. The lowest BCUT2D eigenvalue weighted by molar-refractivity contribution is -0.139. The van der Waals surface area contributed by atoms with Crippen LogP contribution in [0, 0.1) is 35.5 Å². The Balaban J connectivity index is 3.38. The maximum absolute atomic E-state index is 14.2. The zero-order chi connectivity index (χ0) is 47.0. The van der Waals surface area contributed by atoms with E-state index in [9.17, 15) is 28.8 Å². The third-order valence-corrected chi connectivity index (χ3v) is 11.1. The van der Waals surface area contributed by atoms with E-state index in [1.54, 1.807) is 0 Å². The Morgan fingerprint density at radius 2 is 0.857 bits per heavy atom. The molecule has 1 fully saturated rings. The van der Waals surface area contributed by atoms with Gasteiger partial charge in [-0.05, 0) is 104 Å². The molecule has 12 heteroatoms. The van der Waals surface area contributed by atoms with Gasteiger partial charge in [-0.25, -0.2) is 0 Å². The van der Waals surface area contributed by atoms with Crippen LogP contribution in [0.1, 0.15) is 171 Å². The quantitative estimate of drug-likeness (QED) is 0.0318. The molecule has 0 aromatic heterocycles. The molecule has 1 aliphatic rings. The number of hydrogen-bond acceptors (Lipinski definition) is 6. The van der Waals surface area contributed by atoms with E-state index in [2.05, 4.69) is 86.7 Å². The van der Waals surface area contributed by atoms with Gasteiger partial charge in [-0.15, -0.1) is 0 Å². The minimum atomic E-state index is -0.920. The molecule has 1 rings (SSSR count). The number of rotatable bonds is 30. The molecule has 0 saturated heterocycles. The molecule has 0 aromatic carbocycles. The first-order chi connectivity index (χ1) is 30.1. The van der Waals surface area contributed by atoms with Crippen molar-refractivity contribution in [3.05, 3.63) is 47.2 Å². The van der Waals surface area contributed by atoms with Crippen LogP contribution in [0.2, 0.25) is 0 Å². The highest BCUT2D eigenvalue weighted by molar-refractivity contribution is 5.93. The molecule has 0 spiro atoms. The lowest BCUT2D eigenvalue weighted by Gasteiger charge is -2.35. The van der Waals surface area contributed by atoms with E-state index in [0.717, 1.165) is 51.4 Å². The summed E-state index contributed by atoms with van der Waals surface area (Å²) in [5.74, 6) is -4.37. The molecule has 6 amide bonds. The van der Waals surface area contributed by atoms with Crippen LogP contribution in [0.25, 0.3) is 0 Å². The summed E-state index contributed by atoms with van der Waals surface area (Å²) in [6.07, 6.45) is 15.8. The van der Waals surface area contributed by atoms with E-state index in [1.165, 1.54) is 31.9 Å². The highest BCUT2D eigenvalue weighted by Gasteiger charge is 2.41. The van der Waals surface area contributed by atoms with Crippen LogP contribution >= 0.6 is 0 Å². The van der Waals surface area contributed by atoms with Gasteiger partial charge < -0.3 is 31.9 Å². The Labute approximate surface area is 379 Å². The third kappa shape index (κ3) is 25.8. The zero-order valence-corrected chi connectivity index (χ0v) is 40.1. The number of amides is 6. The van der Waals surface area contributed by atoms with E-state index in [1.807, 2.05) is 41.5 Å². The predicted octanol–water partition coefficient (Wildman–Crippen LogP) is 7.76. The minimum Gasteiger partial charge on any atom is -0.354 e. The van der Waals surface area contributed by atoms with Crippen LogP contribution in [0.15, 0.2) is 47.2 Å². The number of unbranched alkanes of at least 4 members (excludes halogenated alkanes) is 10. The van der Waals surface area contributed by atoms with E-state index in [-0.39, 0.29) is 48.8 Å². The van der Waals surface area contributed by atoms with Gasteiger partial charge >= 0.3 is 0 Å². The molecule has 352 valence electrons. The van der Waals surface area contributed by atoms with Crippen LogP contribution < -0.4 is 31.9 Å². The van der Waals surface area contributed by atoms with E-state index in [0.29, 0.717) is 32.4 Å². The molecule has 0 heterocycles. The van der Waals surface area contributed by atoms with Crippen molar-refractivity contribution in [2.45, 2.75) is 189 Å². The molecule has 0 bridgehead atoms. The van der Waals surface area contributed by atoms with Crippen molar-refractivity contribution in [2.75, 3.05) is 13.1 Å². The molecule has 1 aliphatic carbocycles. The van der Waals surface area contributed by atoms with Crippen LogP contribution in [0.4, 0.5) is 0 Å². The second kappa shape index (κ2) is 33.8. The number of hydrogen-bond donors (Lipinski definition) is 6. The molecule has 0 radical (unpaired) electrons. The SMILES string of the molecule is C=C=C=C=C=C=C=CNC(=O)[C@H](CC(C)C)NC(=O)[C@H]1C[C@@H](C(=O)N[C@@H](CC(C)C)C(=O)NCCCCCCCC)C[C@@H](C(=O)N[C@@H](CC(C)C)C(=O)NCCCCCCCC)C1. The summed E-state index contributed by atoms with van der Waals surface area (Å²) in [6.45, 7) is 20.6. The van der Waals surface area contributed by atoms with Crippen molar-refractivity contribution in [1.29, 1.82) is 0 Å². The number of nitrogens with one attached hydrogen (secondary N) is 6. The van der Waals surface area contributed by atoms with Crippen LogP contribution in [0.5, 0.6) is 0 Å². The maximum atomic E-state index is 14.2. The van der Waals surface area contributed by atoms with Gasteiger partial charge in [0, 0.05) is 30.8 Å². The summed E-state index contributed by atoms with van der Waals surface area (Å²) in [4.78, 5) is 82.8. The standard InChI is InChI=1S/C51H82N6O6/c1-10-13-16-19-22-25-28-52-49(61)43(31-37(4)5)55-46(58)40-34-41(47(59)56-44(32-38(6)7)50(62)53-29-26-23-20-17-14-11-2)36-42(35-40)48(60)57-45(33-39(8)9)51(63)54-30-27-24-21-18-15-12-3/h28,37-45H,1,11-12,14-15,17-18,20-21,23-24,26-27,29-36H2,2-9H3,(H,52,61)(H,53,62)(H,54,63)(H,55,58)(H,56,59)(H,57,60)/t40-,41+,42-,43-,44-,45-/m0/s1. The monoisotopic (exact) mass is 875 g/mol. The molecular formula is C51H82N6O6. The first-order valence-corrected chi connectivity index (χ1v) is 24.0. The lowest BCUT2D eigenvalue weighted by atomic mass is 9.73. The second-order valence-corrected chi connectivity index (χ2v) is 18.5. The van der Waals surface area contributed by atoms with Crippen molar-refractivity contribution in [3.8, 4) is 0 Å². The first kappa shape index (κ1) is 56.3. The Morgan fingerprint density at radius 3 is 1.22 bits per heavy atom. The smallest absolute Gasteiger partial charge is 0.246 e. The van der Waals surface area contributed by atoms with Gasteiger partial charge in [0.1, 0.15) is 18.1 Å². The fourth-order valence-corrected chi connectivity index (χ4v) is 7.81. The van der Waals surface area contributed by atoms with Crippen molar-refractivity contribution in [2.24, 2.45) is 35.5 Å². The Hall–Kier alpha value is -4.76. The van der Waals surface area contributed by atoms with Gasteiger partial charge in [-0.3, -0.25) is 28.8 Å². The Morgan fingerprint density at radius 1 is 0.508 bits per heavy atom. The van der Waals surface area contributed by atoms with Crippen molar-refractivity contribution in [1.82, 2.24) is 31.9 Å². The summed E-state index contributed by atoms with van der Waals surface area (Å²) < 4.78 is 0. The van der Waals surface area contributed by atoms with Crippen molar-refractivity contribution >= 4 is 35.4 Å². The number of carbonyl (C=O) groups is 6. The molecule has 0 aliphatic heterocycles. The summed E-state index contributed by atoms with van der Waals surface area (Å²) in [5.41, 5.74) is 15.1. The Kier molecular flexibility index (Phi) is 30.1. The van der Waals surface area contributed by atoms with Crippen LogP contribution in [0.3, 0.4) is 0 Å². The molecule has 6 N–H and O–H groups in total. The van der Waals surface area contributed by atoms with Crippen molar-refractivity contribution < 1.29 is 28.8 Å². The van der Waals surface area contributed by atoms with Gasteiger partial charge in [0.25, 0.3) is 0 Å². The molecule has 0 aromatic rings. The van der Waals surface area contributed by atoms with Crippen LogP contribution in [-0.2, 0) is 28.8 Å². The maximum Gasteiger partial charge on any atom is 0.246 e. The predicted molar refractivity (Wildman–Crippen MR) is 251 cm³/mol. The number of carbonyl (C=O) groups excluding carboxylic acids is 6. The highest BCUT2D eigenvalue weighted by atomic mass is 16.2. The van der Waals surface area contributed by atoms with Gasteiger partial charge in [0.2, 0.25) is 35.4 Å². The van der Waals surface area contributed by atoms with E-state index >= 15 is 0 Å². The average molecular weight is 875 g/mol. The topological polar surface area (TPSA) is 175 Å². The van der Waals surface area contributed by atoms with E-state index < -0.39 is 59.5 Å². The average Bonchev–Trinajstić information content (AvgIpc) is 3.23. The van der Waals surface area contributed by atoms with Gasteiger partial charge in [-0.1, -0.05) is 125 Å². The second-order valence-electron chi connectivity index (χ2n) is 18.5. The molecule has 6 atom stereocenters. The highest BCUT2D eigenvalue weighted by Crippen LogP contribution is 2.35. The van der Waals surface area contributed by atoms with Gasteiger partial charge in [0.15, 0.2) is 0 Å². The zero-order valence-electron chi connectivity index (χ0n) is 40.1. The molecule has 0 unspecified atom stereocenters.